The zero-order chi connectivity index (χ0) is 19.1. The van der Waals surface area contributed by atoms with Crippen molar-refractivity contribution >= 4 is 16.8 Å². The number of nitrogens with one attached hydrogen (secondary N) is 1. The van der Waals surface area contributed by atoms with Gasteiger partial charge in [0.05, 0.1) is 11.1 Å². The number of ether oxygens (including phenoxy) is 1. The minimum absolute atomic E-state index is 0.122. The number of carbonyl (C=O) groups is 1. The number of carbonyl (C=O) groups excluding carboxylic acids is 1. The zero-order valence-corrected chi connectivity index (χ0v) is 15.8. The second-order valence-corrected chi connectivity index (χ2v) is 6.65. The Morgan fingerprint density at radius 3 is 2.74 bits per heavy atom. The van der Waals surface area contributed by atoms with Crippen molar-refractivity contribution in [1.82, 2.24) is 15.2 Å². The number of likely N-dealkylation sites (N-methyl/N-ethyl adjacent to an activating group) is 1. The highest BCUT2D eigenvalue weighted by Crippen LogP contribution is 2.18. The molecule has 0 aliphatic rings. The van der Waals surface area contributed by atoms with Gasteiger partial charge in [-0.25, -0.2) is 0 Å². The van der Waals surface area contributed by atoms with Crippen LogP contribution in [0.3, 0.4) is 0 Å². The highest BCUT2D eigenvalue weighted by Gasteiger charge is 2.12. The zero-order valence-electron chi connectivity index (χ0n) is 15.8. The number of para-hydroxylation sites is 2. The van der Waals surface area contributed by atoms with Crippen molar-refractivity contribution in [3.63, 3.8) is 0 Å². The molecule has 1 heterocycles. The molecular formula is C22H25N3O2. The van der Waals surface area contributed by atoms with Crippen LogP contribution in [0.15, 0.2) is 60.8 Å². The van der Waals surface area contributed by atoms with E-state index < -0.39 is 0 Å². The quantitative estimate of drug-likeness (QED) is 0.668. The summed E-state index contributed by atoms with van der Waals surface area (Å²) in [6.07, 6.45) is 2.52. The Morgan fingerprint density at radius 2 is 1.89 bits per heavy atom. The van der Waals surface area contributed by atoms with Gasteiger partial charge in [0.25, 0.3) is 5.91 Å². The van der Waals surface area contributed by atoms with Gasteiger partial charge in [-0.15, -0.1) is 0 Å². The second-order valence-electron chi connectivity index (χ2n) is 6.65. The van der Waals surface area contributed by atoms with E-state index >= 15 is 0 Å². The number of hydrogen-bond acceptors (Lipinski definition) is 4. The molecule has 1 N–H and O–H groups in total. The predicted octanol–water partition coefficient (Wildman–Crippen LogP) is 3.15. The number of pyridine rings is 1. The third kappa shape index (κ3) is 5.05. The van der Waals surface area contributed by atoms with Gasteiger partial charge in [-0.3, -0.25) is 9.78 Å². The highest BCUT2D eigenvalue weighted by atomic mass is 16.5. The fourth-order valence-electron chi connectivity index (χ4n) is 2.89. The van der Waals surface area contributed by atoms with Gasteiger partial charge in [-0.2, -0.15) is 0 Å². The first-order valence-electron chi connectivity index (χ1n) is 9.12. The van der Waals surface area contributed by atoms with E-state index in [0.717, 1.165) is 29.4 Å². The molecule has 140 valence electrons. The van der Waals surface area contributed by atoms with Crippen molar-refractivity contribution in [2.45, 2.75) is 6.42 Å². The predicted molar refractivity (Wildman–Crippen MR) is 108 cm³/mol. The van der Waals surface area contributed by atoms with Crippen LogP contribution in [0.25, 0.3) is 10.9 Å². The highest BCUT2D eigenvalue weighted by molar-refractivity contribution is 5.96. The van der Waals surface area contributed by atoms with E-state index in [-0.39, 0.29) is 5.91 Å². The SMILES string of the molecule is CN(C)CCOc1ccccc1C(=O)NCCc1cccc2cccnc12. The average Bonchev–Trinajstić information content (AvgIpc) is 2.68. The van der Waals surface area contributed by atoms with Gasteiger partial charge in [-0.05, 0) is 44.3 Å². The van der Waals surface area contributed by atoms with Crippen LogP contribution in [0, 0.1) is 0 Å². The lowest BCUT2D eigenvalue weighted by atomic mass is 10.1. The van der Waals surface area contributed by atoms with E-state index in [0.29, 0.717) is 24.5 Å². The van der Waals surface area contributed by atoms with E-state index in [9.17, 15) is 4.79 Å². The number of nitrogens with zero attached hydrogens (tertiary/aromatic N) is 2. The Kier molecular flexibility index (Phi) is 6.39. The summed E-state index contributed by atoms with van der Waals surface area (Å²) in [4.78, 5) is 19.1. The third-order valence-corrected chi connectivity index (χ3v) is 4.32. The molecule has 0 atom stereocenters. The molecular weight excluding hydrogens is 338 g/mol. The minimum Gasteiger partial charge on any atom is -0.491 e. The molecule has 3 aromatic rings. The lowest BCUT2D eigenvalue weighted by Gasteiger charge is -2.14. The van der Waals surface area contributed by atoms with Gasteiger partial charge in [0, 0.05) is 24.7 Å². The number of amides is 1. The van der Waals surface area contributed by atoms with E-state index in [1.165, 1.54) is 0 Å². The summed E-state index contributed by atoms with van der Waals surface area (Å²) in [7, 11) is 3.98. The first kappa shape index (κ1) is 18.9. The molecule has 1 amide bonds. The molecule has 0 unspecified atom stereocenters. The molecule has 0 aliphatic carbocycles. The summed E-state index contributed by atoms with van der Waals surface area (Å²) in [5.41, 5.74) is 2.68. The standard InChI is InChI=1S/C22H25N3O2/c1-25(2)15-16-27-20-11-4-3-10-19(20)22(26)24-14-12-18-8-5-7-17-9-6-13-23-21(17)18/h3-11,13H,12,14-16H2,1-2H3,(H,24,26). The van der Waals surface area contributed by atoms with Crippen LogP contribution in [-0.4, -0.2) is 49.6 Å². The molecule has 0 aliphatic heterocycles. The van der Waals surface area contributed by atoms with Crippen molar-refractivity contribution in [2.75, 3.05) is 33.8 Å². The van der Waals surface area contributed by atoms with Crippen molar-refractivity contribution in [1.29, 1.82) is 0 Å². The summed E-state index contributed by atoms with van der Waals surface area (Å²) in [6.45, 7) is 1.88. The first-order valence-corrected chi connectivity index (χ1v) is 9.12. The van der Waals surface area contributed by atoms with Crippen LogP contribution in [0.2, 0.25) is 0 Å². The van der Waals surface area contributed by atoms with E-state index in [1.807, 2.05) is 61.5 Å². The van der Waals surface area contributed by atoms with Crippen molar-refractivity contribution < 1.29 is 9.53 Å². The number of benzene rings is 2. The molecule has 0 spiro atoms. The molecule has 0 radical (unpaired) electrons. The van der Waals surface area contributed by atoms with Crippen LogP contribution in [0.1, 0.15) is 15.9 Å². The Labute approximate surface area is 160 Å². The summed E-state index contributed by atoms with van der Waals surface area (Å²) in [5, 5.41) is 4.11. The summed E-state index contributed by atoms with van der Waals surface area (Å²) in [5.74, 6) is 0.493. The van der Waals surface area contributed by atoms with Crippen LogP contribution < -0.4 is 10.1 Å². The van der Waals surface area contributed by atoms with Crippen molar-refractivity contribution in [2.24, 2.45) is 0 Å². The van der Waals surface area contributed by atoms with E-state index in [4.69, 9.17) is 4.74 Å². The molecule has 5 heteroatoms. The number of aromatic nitrogens is 1. The lowest BCUT2D eigenvalue weighted by Crippen LogP contribution is -2.27. The fourth-order valence-corrected chi connectivity index (χ4v) is 2.89. The Bertz CT molecular complexity index is 903. The maximum Gasteiger partial charge on any atom is 0.255 e. The average molecular weight is 363 g/mol. The van der Waals surface area contributed by atoms with Gasteiger partial charge < -0.3 is 15.0 Å². The molecule has 0 saturated carbocycles. The van der Waals surface area contributed by atoms with Gasteiger partial charge in [0.15, 0.2) is 0 Å². The Balaban J connectivity index is 1.61. The monoisotopic (exact) mass is 363 g/mol. The summed E-state index contributed by atoms with van der Waals surface area (Å²) >= 11 is 0. The second kappa shape index (κ2) is 9.14. The molecule has 5 nitrogen and oxygen atoms in total. The van der Waals surface area contributed by atoms with E-state index in [1.54, 1.807) is 12.3 Å². The van der Waals surface area contributed by atoms with Crippen molar-refractivity contribution in [3.8, 4) is 5.75 Å². The minimum atomic E-state index is -0.122. The summed E-state index contributed by atoms with van der Waals surface area (Å²) < 4.78 is 5.78. The summed E-state index contributed by atoms with van der Waals surface area (Å²) in [6, 6.07) is 17.5. The van der Waals surface area contributed by atoms with Crippen LogP contribution in [0.5, 0.6) is 5.75 Å². The van der Waals surface area contributed by atoms with Crippen molar-refractivity contribution in [3.05, 3.63) is 71.9 Å². The van der Waals surface area contributed by atoms with Gasteiger partial charge in [-0.1, -0.05) is 36.4 Å². The van der Waals surface area contributed by atoms with Gasteiger partial charge in [0.1, 0.15) is 12.4 Å². The fraction of sp³-hybridized carbons (Fsp3) is 0.273. The maximum absolute atomic E-state index is 12.6. The lowest BCUT2D eigenvalue weighted by molar-refractivity contribution is 0.0949. The number of rotatable bonds is 8. The third-order valence-electron chi connectivity index (χ3n) is 4.32. The molecule has 27 heavy (non-hydrogen) atoms. The van der Waals surface area contributed by atoms with Crippen LogP contribution in [-0.2, 0) is 6.42 Å². The first-order chi connectivity index (χ1) is 13.1. The number of fused-ring (bicyclic) bond motifs is 1. The largest absolute Gasteiger partial charge is 0.491 e. The maximum atomic E-state index is 12.6. The topological polar surface area (TPSA) is 54.5 Å². The Morgan fingerprint density at radius 1 is 1.07 bits per heavy atom. The molecule has 0 bridgehead atoms. The Hall–Kier alpha value is -2.92. The smallest absolute Gasteiger partial charge is 0.255 e. The van der Waals surface area contributed by atoms with Crippen LogP contribution in [0.4, 0.5) is 0 Å². The normalized spacial score (nSPS) is 10.9. The molecule has 2 aromatic carbocycles. The van der Waals surface area contributed by atoms with Gasteiger partial charge >= 0.3 is 0 Å². The van der Waals surface area contributed by atoms with Crippen LogP contribution >= 0.6 is 0 Å². The molecule has 1 aromatic heterocycles. The van der Waals surface area contributed by atoms with E-state index in [2.05, 4.69) is 16.4 Å². The number of hydrogen-bond donors (Lipinski definition) is 1. The molecule has 0 saturated heterocycles. The van der Waals surface area contributed by atoms with Gasteiger partial charge in [0.2, 0.25) is 0 Å². The molecule has 0 fully saturated rings. The molecule has 3 rings (SSSR count).